The van der Waals surface area contributed by atoms with E-state index in [0.717, 1.165) is 4.47 Å². The first-order chi connectivity index (χ1) is 9.11. The second-order valence-electron chi connectivity index (χ2n) is 4.24. The van der Waals surface area contributed by atoms with E-state index in [0.29, 0.717) is 30.9 Å². The summed E-state index contributed by atoms with van der Waals surface area (Å²) < 4.78 is 17.1. The van der Waals surface area contributed by atoms with Gasteiger partial charge in [0.2, 0.25) is 0 Å². The summed E-state index contributed by atoms with van der Waals surface area (Å²) in [6.45, 7) is 0.308. The van der Waals surface area contributed by atoms with Gasteiger partial charge < -0.3 is 19.3 Å². The van der Waals surface area contributed by atoms with Crippen LogP contribution < -0.4 is 9.47 Å². The van der Waals surface area contributed by atoms with Crippen molar-refractivity contribution in [2.24, 2.45) is 0 Å². The van der Waals surface area contributed by atoms with Gasteiger partial charge in [-0.25, -0.2) is 4.79 Å². The second-order valence-corrected chi connectivity index (χ2v) is 5.10. The third kappa shape index (κ3) is 3.39. The van der Waals surface area contributed by atoms with E-state index >= 15 is 0 Å². The molecule has 2 unspecified atom stereocenters. The fourth-order valence-electron chi connectivity index (χ4n) is 1.98. The van der Waals surface area contributed by atoms with Crippen molar-refractivity contribution in [2.75, 3.05) is 13.7 Å². The van der Waals surface area contributed by atoms with Crippen LogP contribution in [0.1, 0.15) is 12.8 Å². The third-order valence-corrected chi connectivity index (χ3v) is 3.57. The molecule has 0 aromatic heterocycles. The summed E-state index contributed by atoms with van der Waals surface area (Å²) in [5.74, 6) is 0.315. The number of rotatable bonds is 5. The summed E-state index contributed by atoms with van der Waals surface area (Å²) >= 11 is 3.39. The van der Waals surface area contributed by atoms with Gasteiger partial charge in [-0.15, -0.1) is 0 Å². The van der Waals surface area contributed by atoms with E-state index in [1.54, 1.807) is 13.2 Å². The Morgan fingerprint density at radius 1 is 1.53 bits per heavy atom. The minimum Gasteiger partial charge on any atom is -0.493 e. The number of hydrogen-bond acceptors (Lipinski definition) is 4. The Labute approximate surface area is 119 Å². The topological polar surface area (TPSA) is 65.0 Å². The lowest BCUT2D eigenvalue weighted by Gasteiger charge is -2.15. The first-order valence-electron chi connectivity index (χ1n) is 5.95. The molecule has 1 saturated heterocycles. The summed E-state index contributed by atoms with van der Waals surface area (Å²) in [6.07, 6.45) is 0.299. The molecule has 5 nitrogen and oxygen atoms in total. The summed E-state index contributed by atoms with van der Waals surface area (Å²) in [4.78, 5) is 10.8. The zero-order valence-corrected chi connectivity index (χ0v) is 12.1. The number of carboxylic acid groups (broad SMARTS) is 1. The van der Waals surface area contributed by atoms with Crippen molar-refractivity contribution < 1.29 is 24.1 Å². The molecule has 1 N–H and O–H groups in total. The standard InChI is InChI=1S/C13H15BrO5/c1-17-10-4-2-3-9(14)12(10)18-7-8-5-6-11(19-8)13(15)16/h2-4,8,11H,5-7H2,1H3,(H,15,16). The minimum absolute atomic E-state index is 0.196. The molecule has 2 atom stereocenters. The molecule has 1 aromatic carbocycles. The van der Waals surface area contributed by atoms with Gasteiger partial charge in [0.1, 0.15) is 6.61 Å². The van der Waals surface area contributed by atoms with Gasteiger partial charge in [-0.05, 0) is 40.9 Å². The van der Waals surface area contributed by atoms with Crippen LogP contribution in [-0.4, -0.2) is 37.0 Å². The Bertz CT molecular complexity index is 462. The Kier molecular flexibility index (Phi) is 4.66. The number of hydrogen-bond donors (Lipinski definition) is 1. The van der Waals surface area contributed by atoms with Crippen LogP contribution in [0.25, 0.3) is 0 Å². The molecule has 6 heteroatoms. The van der Waals surface area contributed by atoms with E-state index in [1.165, 1.54) is 0 Å². The molecule has 0 aliphatic carbocycles. The van der Waals surface area contributed by atoms with Gasteiger partial charge in [-0.1, -0.05) is 6.07 Å². The lowest BCUT2D eigenvalue weighted by atomic mass is 10.2. The molecule has 0 saturated carbocycles. The van der Waals surface area contributed by atoms with Crippen LogP contribution >= 0.6 is 15.9 Å². The van der Waals surface area contributed by atoms with Crippen LogP contribution in [0.5, 0.6) is 11.5 Å². The van der Waals surface area contributed by atoms with Gasteiger partial charge in [0, 0.05) is 0 Å². The number of carbonyl (C=O) groups is 1. The van der Waals surface area contributed by atoms with Gasteiger partial charge in [-0.2, -0.15) is 0 Å². The maximum Gasteiger partial charge on any atom is 0.332 e. The lowest BCUT2D eigenvalue weighted by Crippen LogP contribution is -2.23. The molecule has 0 bridgehead atoms. The van der Waals surface area contributed by atoms with Crippen molar-refractivity contribution in [1.29, 1.82) is 0 Å². The molecule has 1 fully saturated rings. The number of benzene rings is 1. The average molecular weight is 331 g/mol. The number of para-hydroxylation sites is 1. The molecule has 0 radical (unpaired) electrons. The molecular weight excluding hydrogens is 316 g/mol. The smallest absolute Gasteiger partial charge is 0.332 e. The van der Waals surface area contributed by atoms with E-state index in [-0.39, 0.29) is 6.10 Å². The second kappa shape index (κ2) is 6.25. The molecule has 0 amide bonds. The third-order valence-electron chi connectivity index (χ3n) is 2.95. The highest BCUT2D eigenvalue weighted by Crippen LogP contribution is 2.35. The van der Waals surface area contributed by atoms with Crippen LogP contribution in [0.2, 0.25) is 0 Å². The highest BCUT2D eigenvalue weighted by atomic mass is 79.9. The van der Waals surface area contributed by atoms with Gasteiger partial charge >= 0.3 is 5.97 Å². The summed E-state index contributed by atoms with van der Waals surface area (Å²) in [6, 6.07) is 5.51. The maximum atomic E-state index is 10.8. The van der Waals surface area contributed by atoms with Crippen molar-refractivity contribution >= 4 is 21.9 Å². The van der Waals surface area contributed by atoms with Gasteiger partial charge in [-0.3, -0.25) is 0 Å². The number of aliphatic carboxylic acids is 1. The van der Waals surface area contributed by atoms with Gasteiger partial charge in [0.05, 0.1) is 17.7 Å². The van der Waals surface area contributed by atoms with E-state index in [2.05, 4.69) is 15.9 Å². The first kappa shape index (κ1) is 14.1. The van der Waals surface area contributed by atoms with Crippen LogP contribution in [0.4, 0.5) is 0 Å². The van der Waals surface area contributed by atoms with Crippen molar-refractivity contribution in [1.82, 2.24) is 0 Å². The SMILES string of the molecule is COc1cccc(Br)c1OCC1CCC(C(=O)O)O1. The quantitative estimate of drug-likeness (QED) is 0.898. The normalized spacial score (nSPS) is 22.2. The predicted molar refractivity (Wildman–Crippen MR) is 71.7 cm³/mol. The zero-order valence-electron chi connectivity index (χ0n) is 10.5. The van der Waals surface area contributed by atoms with Crippen LogP contribution in [0.15, 0.2) is 22.7 Å². The lowest BCUT2D eigenvalue weighted by molar-refractivity contribution is -0.149. The van der Waals surface area contributed by atoms with Crippen LogP contribution in [-0.2, 0) is 9.53 Å². The van der Waals surface area contributed by atoms with Crippen molar-refractivity contribution in [2.45, 2.75) is 25.0 Å². The Morgan fingerprint density at radius 2 is 2.32 bits per heavy atom. The Morgan fingerprint density at radius 3 is 2.95 bits per heavy atom. The Hall–Kier alpha value is -1.27. The van der Waals surface area contributed by atoms with E-state index in [9.17, 15) is 4.79 Å². The zero-order chi connectivity index (χ0) is 13.8. The molecular formula is C13H15BrO5. The average Bonchev–Trinajstić information content (AvgIpc) is 2.86. The number of ether oxygens (including phenoxy) is 3. The van der Waals surface area contributed by atoms with Crippen molar-refractivity contribution in [3.05, 3.63) is 22.7 Å². The molecule has 1 aliphatic rings. The molecule has 0 spiro atoms. The van der Waals surface area contributed by atoms with Crippen molar-refractivity contribution in [3.8, 4) is 11.5 Å². The molecule has 1 aromatic rings. The highest BCUT2D eigenvalue weighted by Gasteiger charge is 2.31. The molecule has 2 rings (SSSR count). The first-order valence-corrected chi connectivity index (χ1v) is 6.74. The summed E-state index contributed by atoms with van der Waals surface area (Å²) in [5, 5.41) is 8.85. The predicted octanol–water partition coefficient (Wildman–Crippen LogP) is 2.47. The number of halogens is 1. The summed E-state index contributed by atoms with van der Waals surface area (Å²) in [5.41, 5.74) is 0. The maximum absolute atomic E-state index is 10.8. The van der Waals surface area contributed by atoms with Gasteiger partial charge in [0.25, 0.3) is 0 Å². The largest absolute Gasteiger partial charge is 0.493 e. The van der Waals surface area contributed by atoms with E-state index < -0.39 is 12.1 Å². The molecule has 1 heterocycles. The van der Waals surface area contributed by atoms with E-state index in [1.807, 2.05) is 12.1 Å². The fraction of sp³-hybridized carbons (Fsp3) is 0.462. The van der Waals surface area contributed by atoms with Crippen LogP contribution in [0, 0.1) is 0 Å². The molecule has 104 valence electrons. The van der Waals surface area contributed by atoms with E-state index in [4.69, 9.17) is 19.3 Å². The molecule has 19 heavy (non-hydrogen) atoms. The Balaban J connectivity index is 1.95. The number of methoxy groups -OCH3 is 1. The molecule has 1 aliphatic heterocycles. The van der Waals surface area contributed by atoms with Crippen LogP contribution in [0.3, 0.4) is 0 Å². The fourth-order valence-corrected chi connectivity index (χ4v) is 2.44. The van der Waals surface area contributed by atoms with Gasteiger partial charge in [0.15, 0.2) is 17.6 Å². The monoisotopic (exact) mass is 330 g/mol. The number of carboxylic acids is 1. The highest BCUT2D eigenvalue weighted by molar-refractivity contribution is 9.10. The minimum atomic E-state index is -0.916. The van der Waals surface area contributed by atoms with Crippen molar-refractivity contribution in [3.63, 3.8) is 0 Å². The summed E-state index contributed by atoms with van der Waals surface area (Å²) in [7, 11) is 1.57.